The van der Waals surface area contributed by atoms with E-state index in [0.29, 0.717) is 5.69 Å². The predicted octanol–water partition coefficient (Wildman–Crippen LogP) is 4.02. The number of aromatic nitrogens is 3. The van der Waals surface area contributed by atoms with Crippen molar-refractivity contribution in [1.82, 2.24) is 19.1 Å². The van der Waals surface area contributed by atoms with E-state index in [9.17, 15) is 26.0 Å². The van der Waals surface area contributed by atoms with E-state index in [1.165, 1.54) is 34.6 Å². The molecule has 0 spiro atoms. The number of pyridine rings is 1. The maximum absolute atomic E-state index is 14.4. The second-order valence-electron chi connectivity index (χ2n) is 10.8. The Morgan fingerprint density at radius 2 is 1.74 bits per heavy atom. The number of ketones is 1. The minimum Gasteiger partial charge on any atom is -0.291 e. The first kappa shape index (κ1) is 28.1. The number of Topliss-reactive ketones (excluding diaryl/α,β-unsaturated/α-hetero) is 1. The van der Waals surface area contributed by atoms with Crippen molar-refractivity contribution in [1.29, 1.82) is 0 Å². The number of hydrogen-bond donors (Lipinski definition) is 0. The van der Waals surface area contributed by atoms with E-state index in [0.717, 1.165) is 34.7 Å². The quantitative estimate of drug-likeness (QED) is 0.304. The number of rotatable bonds is 6. The van der Waals surface area contributed by atoms with Gasteiger partial charge in [0.2, 0.25) is 10.0 Å². The number of halogens is 1. The van der Waals surface area contributed by atoms with Gasteiger partial charge in [-0.2, -0.15) is 9.40 Å². The average molecular weight is 607 g/mol. The molecule has 42 heavy (non-hydrogen) atoms. The Labute approximate surface area is 243 Å². The van der Waals surface area contributed by atoms with Crippen molar-refractivity contribution in [2.75, 3.05) is 19.3 Å². The van der Waals surface area contributed by atoms with E-state index in [4.69, 9.17) is 0 Å². The van der Waals surface area contributed by atoms with E-state index in [-0.39, 0.29) is 53.0 Å². The smallest absolute Gasteiger partial charge is 0.243 e. The van der Waals surface area contributed by atoms with Crippen LogP contribution in [0.15, 0.2) is 88.4 Å². The summed E-state index contributed by atoms with van der Waals surface area (Å²) in [6.45, 7) is 1.79. The van der Waals surface area contributed by atoms with Crippen LogP contribution in [0.25, 0.3) is 11.8 Å². The fourth-order valence-electron chi connectivity index (χ4n) is 5.73. The molecule has 0 radical (unpaired) electrons. The van der Waals surface area contributed by atoms with Gasteiger partial charge in [0.25, 0.3) is 0 Å². The first-order valence-electron chi connectivity index (χ1n) is 13.2. The molecule has 1 atom stereocenters. The van der Waals surface area contributed by atoms with Gasteiger partial charge in [-0.3, -0.25) is 9.78 Å². The van der Waals surface area contributed by atoms with Gasteiger partial charge >= 0.3 is 0 Å². The molecule has 6 rings (SSSR count). The first-order chi connectivity index (χ1) is 19.9. The summed E-state index contributed by atoms with van der Waals surface area (Å²) in [4.78, 5) is 18.4. The molecule has 2 aromatic heterocycles. The van der Waals surface area contributed by atoms with Crippen LogP contribution in [-0.2, 0) is 26.3 Å². The largest absolute Gasteiger partial charge is 0.291 e. The zero-order valence-electron chi connectivity index (χ0n) is 22.9. The van der Waals surface area contributed by atoms with Crippen molar-refractivity contribution >= 4 is 31.7 Å². The molecule has 1 aliphatic heterocycles. The normalized spacial score (nSPS) is 19.1. The SMILES string of the molecule is Cc1ccnc(C(=O)[C@]23Cc4cnn(-c5ccc(F)cc5)c4C=C2CCN(S(=O)(=O)c2cccc(S(C)(=O)=O)c2)C3)c1. The van der Waals surface area contributed by atoms with Crippen molar-refractivity contribution in [3.63, 3.8) is 0 Å². The Morgan fingerprint density at radius 3 is 2.45 bits per heavy atom. The molecule has 0 amide bonds. The third kappa shape index (κ3) is 4.79. The zero-order chi connectivity index (χ0) is 29.9. The highest BCUT2D eigenvalue weighted by Gasteiger charge is 2.51. The molecule has 12 heteroatoms. The zero-order valence-corrected chi connectivity index (χ0v) is 24.5. The fraction of sp³-hybridized carbons (Fsp3) is 0.233. The number of aryl methyl sites for hydroxylation is 1. The van der Waals surface area contributed by atoms with Crippen molar-refractivity contribution in [3.8, 4) is 5.69 Å². The van der Waals surface area contributed by atoms with Crippen molar-refractivity contribution in [2.24, 2.45) is 5.41 Å². The van der Waals surface area contributed by atoms with Crippen LogP contribution in [0.3, 0.4) is 0 Å². The Hall–Kier alpha value is -4.00. The number of carbonyl (C=O) groups excluding carboxylic acids is 1. The lowest BCUT2D eigenvalue weighted by Crippen LogP contribution is -2.53. The number of piperidine rings is 1. The predicted molar refractivity (Wildman–Crippen MR) is 154 cm³/mol. The molecule has 4 aromatic rings. The van der Waals surface area contributed by atoms with Crippen LogP contribution < -0.4 is 0 Å². The lowest BCUT2D eigenvalue weighted by molar-refractivity contribution is 0.0770. The molecule has 1 aliphatic carbocycles. The van der Waals surface area contributed by atoms with Gasteiger partial charge in [-0.1, -0.05) is 11.6 Å². The van der Waals surface area contributed by atoms with Crippen LogP contribution >= 0.6 is 0 Å². The molecule has 0 unspecified atom stereocenters. The molecule has 1 fully saturated rings. The maximum atomic E-state index is 14.4. The Kier molecular flexibility index (Phi) is 6.75. The van der Waals surface area contributed by atoms with Gasteiger partial charge in [0.05, 0.1) is 32.8 Å². The third-order valence-corrected chi connectivity index (χ3v) is 10.9. The lowest BCUT2D eigenvalue weighted by atomic mass is 9.65. The number of sulfonamides is 1. The monoisotopic (exact) mass is 606 g/mol. The van der Waals surface area contributed by atoms with E-state index in [2.05, 4.69) is 10.1 Å². The summed E-state index contributed by atoms with van der Waals surface area (Å²) < 4.78 is 68.6. The highest BCUT2D eigenvalue weighted by molar-refractivity contribution is 7.91. The second kappa shape index (κ2) is 10.1. The van der Waals surface area contributed by atoms with Crippen molar-refractivity contribution < 1.29 is 26.0 Å². The minimum absolute atomic E-state index is 0.0908. The number of benzene rings is 2. The standard InChI is InChI=1S/C30H27FN4O5S2/c1-20-10-12-32-27(14-20)29(36)30-17-21-18-33-35(24-8-6-23(31)7-9-24)28(21)15-22(30)11-13-34(19-30)42(39,40)26-5-3-4-25(16-26)41(2,37)38/h3-10,12,14-16,18H,11,13,17,19H2,1-2H3/t30-/m0/s1. The van der Waals surface area contributed by atoms with Gasteiger partial charge in [-0.25, -0.2) is 25.9 Å². The van der Waals surface area contributed by atoms with Crippen molar-refractivity contribution in [3.05, 3.63) is 107 Å². The molecule has 216 valence electrons. The van der Waals surface area contributed by atoms with E-state index in [1.54, 1.807) is 41.3 Å². The van der Waals surface area contributed by atoms with Crippen LogP contribution in [0, 0.1) is 18.2 Å². The first-order valence-corrected chi connectivity index (χ1v) is 16.5. The second-order valence-corrected chi connectivity index (χ2v) is 14.7. The van der Waals surface area contributed by atoms with Gasteiger partial charge in [-0.05, 0) is 91.6 Å². The number of hydrogen-bond acceptors (Lipinski definition) is 7. The summed E-state index contributed by atoms with van der Waals surface area (Å²) in [6, 6.07) is 14.6. The maximum Gasteiger partial charge on any atom is 0.243 e. The number of carbonyl (C=O) groups is 1. The van der Waals surface area contributed by atoms with Gasteiger partial charge in [-0.15, -0.1) is 0 Å². The summed E-state index contributed by atoms with van der Waals surface area (Å²) in [5, 5.41) is 4.51. The summed E-state index contributed by atoms with van der Waals surface area (Å²) in [7, 11) is -7.81. The molecule has 3 heterocycles. The molecule has 0 N–H and O–H groups in total. The fourth-order valence-corrected chi connectivity index (χ4v) is 8.02. The minimum atomic E-state index is -4.16. The Bertz CT molecular complexity index is 1990. The number of sulfone groups is 1. The molecule has 0 saturated carbocycles. The van der Waals surface area contributed by atoms with Crippen LogP contribution in [0.4, 0.5) is 4.39 Å². The lowest BCUT2D eigenvalue weighted by Gasteiger charge is -2.44. The highest BCUT2D eigenvalue weighted by atomic mass is 32.2. The van der Waals surface area contributed by atoms with Gasteiger partial charge < -0.3 is 0 Å². The number of fused-ring (bicyclic) bond motifs is 2. The molecular formula is C30H27FN4O5S2. The van der Waals surface area contributed by atoms with Crippen LogP contribution in [0.1, 0.15) is 33.7 Å². The third-order valence-electron chi connectivity index (χ3n) is 7.91. The Balaban J connectivity index is 1.45. The molecule has 9 nitrogen and oxygen atoms in total. The average Bonchev–Trinajstić information content (AvgIpc) is 3.37. The Morgan fingerprint density at radius 1 is 1.00 bits per heavy atom. The van der Waals surface area contributed by atoms with E-state index in [1.807, 2.05) is 13.0 Å². The molecular weight excluding hydrogens is 579 g/mol. The van der Waals surface area contributed by atoms with Crippen LogP contribution in [0.5, 0.6) is 0 Å². The van der Waals surface area contributed by atoms with Gasteiger partial charge in [0.1, 0.15) is 11.5 Å². The van der Waals surface area contributed by atoms with Crippen LogP contribution in [0.2, 0.25) is 0 Å². The summed E-state index contributed by atoms with van der Waals surface area (Å²) in [5.41, 5.74) is 2.70. The van der Waals surface area contributed by atoms with Crippen molar-refractivity contribution in [2.45, 2.75) is 29.6 Å². The summed E-state index contributed by atoms with van der Waals surface area (Å²) >= 11 is 0. The molecule has 0 bridgehead atoms. The van der Waals surface area contributed by atoms with E-state index >= 15 is 0 Å². The van der Waals surface area contributed by atoms with E-state index < -0.39 is 25.3 Å². The molecule has 1 saturated heterocycles. The summed E-state index contributed by atoms with van der Waals surface area (Å²) in [6.07, 6.45) is 6.54. The van der Waals surface area contributed by atoms with Gasteiger partial charge in [0, 0.05) is 25.5 Å². The molecule has 2 aliphatic rings. The topological polar surface area (TPSA) is 119 Å². The molecule has 2 aromatic carbocycles. The highest BCUT2D eigenvalue weighted by Crippen LogP contribution is 2.47. The summed E-state index contributed by atoms with van der Waals surface area (Å²) in [5.74, 6) is -0.675. The number of nitrogens with zero attached hydrogens (tertiary/aromatic N) is 4. The van der Waals surface area contributed by atoms with Gasteiger partial charge in [0.15, 0.2) is 15.6 Å². The van der Waals surface area contributed by atoms with Crippen LogP contribution in [-0.4, -0.2) is 61.0 Å².